The van der Waals surface area contributed by atoms with Crippen LogP contribution in [-0.4, -0.2) is 49.1 Å². The summed E-state index contributed by atoms with van der Waals surface area (Å²) < 4.78 is 18.5. The normalized spacial score (nSPS) is 18.4. The van der Waals surface area contributed by atoms with E-state index in [0.717, 1.165) is 0 Å². The summed E-state index contributed by atoms with van der Waals surface area (Å²) in [6, 6.07) is 3.39. The van der Waals surface area contributed by atoms with Crippen molar-refractivity contribution in [1.82, 2.24) is 10.2 Å². The molecule has 1 aromatic rings. The largest absolute Gasteiger partial charge is 0.464 e. The van der Waals surface area contributed by atoms with Crippen molar-refractivity contribution in [3.8, 4) is 0 Å². The number of carbonyl (C=O) groups is 2. The summed E-state index contributed by atoms with van der Waals surface area (Å²) in [7, 11) is 0. The van der Waals surface area contributed by atoms with Crippen LogP contribution in [-0.2, 0) is 9.53 Å². The SMILES string of the molecule is CCOC(=O)C1CNCCN1C(=O)c1ccc(F)c(Br)c1. The molecule has 0 aliphatic carbocycles. The van der Waals surface area contributed by atoms with Crippen molar-refractivity contribution in [2.24, 2.45) is 0 Å². The van der Waals surface area contributed by atoms with Crippen LogP contribution >= 0.6 is 15.9 Å². The van der Waals surface area contributed by atoms with Crippen molar-refractivity contribution >= 4 is 27.8 Å². The highest BCUT2D eigenvalue weighted by atomic mass is 79.9. The van der Waals surface area contributed by atoms with Crippen LogP contribution in [0.5, 0.6) is 0 Å². The summed E-state index contributed by atoms with van der Waals surface area (Å²) in [4.78, 5) is 25.9. The van der Waals surface area contributed by atoms with Crippen LogP contribution in [0.2, 0.25) is 0 Å². The average molecular weight is 359 g/mol. The number of benzene rings is 1. The number of nitrogens with one attached hydrogen (secondary N) is 1. The van der Waals surface area contributed by atoms with Crippen LogP contribution < -0.4 is 5.32 Å². The molecule has 2 rings (SSSR count). The maximum Gasteiger partial charge on any atom is 0.330 e. The van der Waals surface area contributed by atoms with Gasteiger partial charge in [0.05, 0.1) is 11.1 Å². The van der Waals surface area contributed by atoms with E-state index in [9.17, 15) is 14.0 Å². The third-order valence-electron chi connectivity index (χ3n) is 3.23. The van der Waals surface area contributed by atoms with Crippen molar-refractivity contribution in [1.29, 1.82) is 0 Å². The smallest absolute Gasteiger partial charge is 0.330 e. The van der Waals surface area contributed by atoms with Gasteiger partial charge in [0, 0.05) is 25.2 Å². The van der Waals surface area contributed by atoms with E-state index in [1.165, 1.54) is 23.1 Å². The Morgan fingerprint density at radius 2 is 2.29 bits per heavy atom. The lowest BCUT2D eigenvalue weighted by Crippen LogP contribution is -2.57. The molecule has 1 aromatic carbocycles. The van der Waals surface area contributed by atoms with Gasteiger partial charge in [0.1, 0.15) is 11.9 Å². The Labute approximate surface area is 130 Å². The van der Waals surface area contributed by atoms with E-state index in [1.54, 1.807) is 6.92 Å². The summed E-state index contributed by atoms with van der Waals surface area (Å²) >= 11 is 3.06. The Morgan fingerprint density at radius 1 is 1.52 bits per heavy atom. The molecule has 21 heavy (non-hydrogen) atoms. The zero-order chi connectivity index (χ0) is 15.4. The molecule has 0 spiro atoms. The topological polar surface area (TPSA) is 58.6 Å². The molecule has 1 heterocycles. The minimum absolute atomic E-state index is 0.219. The Kier molecular flexibility index (Phi) is 5.30. The highest BCUT2D eigenvalue weighted by molar-refractivity contribution is 9.10. The number of hydrogen-bond acceptors (Lipinski definition) is 4. The molecule has 1 N–H and O–H groups in total. The minimum Gasteiger partial charge on any atom is -0.464 e. The molecule has 1 atom stereocenters. The molecule has 0 bridgehead atoms. The number of amides is 1. The number of halogens is 2. The van der Waals surface area contributed by atoms with Crippen molar-refractivity contribution in [3.05, 3.63) is 34.1 Å². The molecule has 5 nitrogen and oxygen atoms in total. The van der Waals surface area contributed by atoms with Gasteiger partial charge in [0.15, 0.2) is 0 Å². The Hall–Kier alpha value is -1.47. The third-order valence-corrected chi connectivity index (χ3v) is 3.84. The van der Waals surface area contributed by atoms with Crippen molar-refractivity contribution in [3.63, 3.8) is 0 Å². The Bertz CT molecular complexity index is 553. The van der Waals surface area contributed by atoms with Crippen LogP contribution in [0.3, 0.4) is 0 Å². The molecule has 1 amide bonds. The minimum atomic E-state index is -0.657. The Balaban J connectivity index is 2.21. The van der Waals surface area contributed by atoms with Crippen LogP contribution in [0.1, 0.15) is 17.3 Å². The first kappa shape index (κ1) is 15.9. The van der Waals surface area contributed by atoms with Gasteiger partial charge in [-0.25, -0.2) is 9.18 Å². The summed E-state index contributed by atoms with van der Waals surface area (Å²) in [6.07, 6.45) is 0. The molecule has 1 aliphatic rings. The summed E-state index contributed by atoms with van der Waals surface area (Å²) in [5.74, 6) is -1.18. The van der Waals surface area contributed by atoms with E-state index in [-0.39, 0.29) is 17.0 Å². The first-order valence-corrected chi connectivity index (χ1v) is 7.47. The van der Waals surface area contributed by atoms with Gasteiger partial charge in [0.25, 0.3) is 5.91 Å². The number of carbonyl (C=O) groups excluding carboxylic acids is 2. The maximum atomic E-state index is 13.3. The third kappa shape index (κ3) is 3.59. The van der Waals surface area contributed by atoms with Crippen LogP contribution in [0.15, 0.2) is 22.7 Å². The lowest BCUT2D eigenvalue weighted by molar-refractivity contribution is -0.149. The van der Waals surface area contributed by atoms with Gasteiger partial charge in [-0.2, -0.15) is 0 Å². The zero-order valence-corrected chi connectivity index (χ0v) is 13.2. The van der Waals surface area contributed by atoms with Gasteiger partial charge < -0.3 is 15.0 Å². The zero-order valence-electron chi connectivity index (χ0n) is 11.6. The first-order valence-electron chi connectivity index (χ1n) is 6.68. The average Bonchev–Trinajstić information content (AvgIpc) is 2.49. The van der Waals surface area contributed by atoms with Gasteiger partial charge in [-0.15, -0.1) is 0 Å². The molecule has 1 fully saturated rings. The second-order valence-electron chi connectivity index (χ2n) is 4.60. The standard InChI is InChI=1S/C14H16BrFN2O3/c1-2-21-14(20)12-8-17-5-6-18(12)13(19)9-3-4-11(16)10(15)7-9/h3-4,7,12,17H,2,5-6,8H2,1H3. The molecule has 1 aliphatic heterocycles. The number of piperazine rings is 1. The van der Waals surface area contributed by atoms with Gasteiger partial charge in [-0.05, 0) is 41.1 Å². The number of nitrogens with zero attached hydrogens (tertiary/aromatic N) is 1. The summed E-state index contributed by atoms with van der Waals surface area (Å²) in [6.45, 7) is 3.34. The fourth-order valence-electron chi connectivity index (χ4n) is 2.19. The molecule has 0 aromatic heterocycles. The Morgan fingerprint density at radius 3 is 2.95 bits per heavy atom. The molecule has 1 saturated heterocycles. The van der Waals surface area contributed by atoms with Crippen molar-refractivity contribution in [2.45, 2.75) is 13.0 Å². The number of ether oxygens (including phenoxy) is 1. The number of hydrogen-bond donors (Lipinski definition) is 1. The number of esters is 1. The van der Waals surface area contributed by atoms with E-state index in [2.05, 4.69) is 21.2 Å². The van der Waals surface area contributed by atoms with Crippen LogP contribution in [0, 0.1) is 5.82 Å². The van der Waals surface area contributed by atoms with Gasteiger partial charge in [-0.3, -0.25) is 4.79 Å². The van der Waals surface area contributed by atoms with E-state index in [1.807, 2.05) is 0 Å². The van der Waals surface area contributed by atoms with Gasteiger partial charge >= 0.3 is 5.97 Å². The molecule has 7 heteroatoms. The van der Waals surface area contributed by atoms with E-state index >= 15 is 0 Å². The molecular weight excluding hydrogens is 343 g/mol. The fraction of sp³-hybridized carbons (Fsp3) is 0.429. The summed E-state index contributed by atoms with van der Waals surface area (Å²) in [5.41, 5.74) is 0.333. The first-order chi connectivity index (χ1) is 10.0. The second-order valence-corrected chi connectivity index (χ2v) is 5.45. The monoisotopic (exact) mass is 358 g/mol. The quantitative estimate of drug-likeness (QED) is 0.833. The predicted octanol–water partition coefficient (Wildman–Crippen LogP) is 1.57. The predicted molar refractivity (Wildman–Crippen MR) is 78.4 cm³/mol. The molecule has 0 radical (unpaired) electrons. The van der Waals surface area contributed by atoms with E-state index < -0.39 is 17.8 Å². The molecular formula is C14H16BrFN2O3. The molecule has 1 unspecified atom stereocenters. The van der Waals surface area contributed by atoms with E-state index in [4.69, 9.17) is 4.74 Å². The highest BCUT2D eigenvalue weighted by Gasteiger charge is 2.33. The van der Waals surface area contributed by atoms with Gasteiger partial charge in [-0.1, -0.05) is 0 Å². The lowest BCUT2D eigenvalue weighted by atomic mass is 10.1. The van der Waals surface area contributed by atoms with Crippen LogP contribution in [0.4, 0.5) is 4.39 Å². The second kappa shape index (κ2) is 7.00. The fourth-order valence-corrected chi connectivity index (χ4v) is 2.57. The summed E-state index contributed by atoms with van der Waals surface area (Å²) in [5, 5.41) is 3.07. The highest BCUT2D eigenvalue weighted by Crippen LogP contribution is 2.19. The number of rotatable bonds is 3. The molecule has 114 valence electrons. The van der Waals surface area contributed by atoms with Crippen molar-refractivity contribution < 1.29 is 18.7 Å². The van der Waals surface area contributed by atoms with Gasteiger partial charge in [0.2, 0.25) is 0 Å². The van der Waals surface area contributed by atoms with Crippen LogP contribution in [0.25, 0.3) is 0 Å². The maximum absolute atomic E-state index is 13.3. The van der Waals surface area contributed by atoms with E-state index in [0.29, 0.717) is 25.2 Å². The van der Waals surface area contributed by atoms with Crippen molar-refractivity contribution in [2.75, 3.05) is 26.2 Å². The lowest BCUT2D eigenvalue weighted by Gasteiger charge is -2.34. The molecule has 0 saturated carbocycles.